The molecule has 21 heavy (non-hydrogen) atoms. The molecule has 0 fully saturated rings. The van der Waals surface area contributed by atoms with Gasteiger partial charge in [-0.1, -0.05) is 15.9 Å². The third-order valence-corrected chi connectivity index (χ3v) is 4.92. The standard InChI is InChI=1S/C14H15Br2N3OS/c1-3-19(9(2)20)14-18-11(8-21-14)7-17-13-5-4-10(15)6-12(13)16/h4-6,8,17H,3,7H2,1-2H3. The summed E-state index contributed by atoms with van der Waals surface area (Å²) in [5, 5.41) is 6.05. The predicted molar refractivity (Wildman–Crippen MR) is 95.0 cm³/mol. The number of anilines is 2. The van der Waals surface area contributed by atoms with Gasteiger partial charge in [-0.15, -0.1) is 11.3 Å². The molecule has 1 aromatic heterocycles. The summed E-state index contributed by atoms with van der Waals surface area (Å²) in [6.07, 6.45) is 0. The quantitative estimate of drug-likeness (QED) is 0.747. The van der Waals surface area contributed by atoms with Gasteiger partial charge in [0.1, 0.15) is 0 Å². The van der Waals surface area contributed by atoms with E-state index in [1.165, 1.54) is 11.3 Å². The van der Waals surface area contributed by atoms with Gasteiger partial charge in [0.2, 0.25) is 5.91 Å². The zero-order chi connectivity index (χ0) is 15.4. The minimum atomic E-state index is 0.0158. The topological polar surface area (TPSA) is 45.2 Å². The molecule has 0 aliphatic rings. The monoisotopic (exact) mass is 431 g/mol. The van der Waals surface area contributed by atoms with E-state index in [0.29, 0.717) is 13.1 Å². The van der Waals surface area contributed by atoms with Crippen LogP contribution < -0.4 is 10.2 Å². The Morgan fingerprint density at radius 1 is 1.43 bits per heavy atom. The van der Waals surface area contributed by atoms with Crippen LogP contribution in [0.3, 0.4) is 0 Å². The Kier molecular flexibility index (Phi) is 5.78. The van der Waals surface area contributed by atoms with E-state index < -0.39 is 0 Å². The first kappa shape index (κ1) is 16.5. The number of thiazole rings is 1. The maximum absolute atomic E-state index is 11.5. The SMILES string of the molecule is CCN(C(C)=O)c1nc(CNc2ccc(Br)cc2Br)cs1. The van der Waals surface area contributed by atoms with Crippen molar-refractivity contribution in [1.82, 2.24) is 4.98 Å². The summed E-state index contributed by atoms with van der Waals surface area (Å²) in [6.45, 7) is 4.75. The van der Waals surface area contributed by atoms with Gasteiger partial charge in [0.05, 0.1) is 12.2 Å². The van der Waals surface area contributed by atoms with Crippen molar-refractivity contribution >= 4 is 59.9 Å². The molecule has 0 radical (unpaired) electrons. The maximum Gasteiger partial charge on any atom is 0.225 e. The second-order valence-corrected chi connectivity index (χ2v) is 6.97. The fourth-order valence-corrected chi connectivity index (χ4v) is 3.93. The lowest BCUT2D eigenvalue weighted by Crippen LogP contribution is -2.27. The van der Waals surface area contributed by atoms with Gasteiger partial charge >= 0.3 is 0 Å². The summed E-state index contributed by atoms with van der Waals surface area (Å²) in [6, 6.07) is 5.97. The van der Waals surface area contributed by atoms with Crippen LogP contribution in [-0.4, -0.2) is 17.4 Å². The summed E-state index contributed by atoms with van der Waals surface area (Å²) in [4.78, 5) is 17.7. The summed E-state index contributed by atoms with van der Waals surface area (Å²) in [5.41, 5.74) is 1.93. The van der Waals surface area contributed by atoms with Gasteiger partial charge in [-0.05, 0) is 41.1 Å². The van der Waals surface area contributed by atoms with Crippen LogP contribution in [0, 0.1) is 0 Å². The van der Waals surface area contributed by atoms with Crippen molar-refractivity contribution < 1.29 is 4.79 Å². The molecule has 0 aliphatic carbocycles. The van der Waals surface area contributed by atoms with E-state index in [1.54, 1.807) is 11.8 Å². The van der Waals surface area contributed by atoms with E-state index in [-0.39, 0.29) is 5.91 Å². The molecule has 2 aromatic rings. The molecule has 1 heterocycles. The lowest BCUT2D eigenvalue weighted by molar-refractivity contribution is -0.116. The second kappa shape index (κ2) is 7.38. The number of benzene rings is 1. The number of nitrogens with zero attached hydrogens (tertiary/aromatic N) is 2. The van der Waals surface area contributed by atoms with Gasteiger partial charge in [0.25, 0.3) is 0 Å². The van der Waals surface area contributed by atoms with Gasteiger partial charge in [-0.25, -0.2) is 4.98 Å². The highest BCUT2D eigenvalue weighted by Gasteiger charge is 2.13. The van der Waals surface area contributed by atoms with Crippen molar-refractivity contribution in [2.45, 2.75) is 20.4 Å². The lowest BCUT2D eigenvalue weighted by Gasteiger charge is -2.14. The smallest absolute Gasteiger partial charge is 0.225 e. The van der Waals surface area contributed by atoms with E-state index in [0.717, 1.165) is 25.5 Å². The van der Waals surface area contributed by atoms with E-state index in [1.807, 2.05) is 30.5 Å². The van der Waals surface area contributed by atoms with Crippen molar-refractivity contribution in [3.05, 3.63) is 38.2 Å². The Balaban J connectivity index is 2.04. The molecule has 7 heteroatoms. The molecule has 112 valence electrons. The van der Waals surface area contributed by atoms with Crippen molar-refractivity contribution in [2.75, 3.05) is 16.8 Å². The van der Waals surface area contributed by atoms with Gasteiger partial charge in [0, 0.05) is 33.5 Å². The number of nitrogens with one attached hydrogen (secondary N) is 1. The molecule has 0 unspecified atom stereocenters. The fourth-order valence-electron chi connectivity index (χ4n) is 1.81. The fraction of sp³-hybridized carbons (Fsp3) is 0.286. The number of rotatable bonds is 5. The van der Waals surface area contributed by atoms with Crippen LogP contribution in [0.5, 0.6) is 0 Å². The van der Waals surface area contributed by atoms with Gasteiger partial charge in [-0.3, -0.25) is 9.69 Å². The lowest BCUT2D eigenvalue weighted by atomic mass is 10.3. The summed E-state index contributed by atoms with van der Waals surface area (Å²) >= 11 is 8.43. The van der Waals surface area contributed by atoms with Crippen LogP contribution in [0.2, 0.25) is 0 Å². The van der Waals surface area contributed by atoms with Crippen molar-refractivity contribution in [2.24, 2.45) is 0 Å². The third kappa shape index (κ3) is 4.28. The van der Waals surface area contributed by atoms with Crippen molar-refractivity contribution in [3.63, 3.8) is 0 Å². The van der Waals surface area contributed by atoms with Crippen LogP contribution in [0.1, 0.15) is 19.5 Å². The van der Waals surface area contributed by atoms with Crippen LogP contribution in [0.25, 0.3) is 0 Å². The van der Waals surface area contributed by atoms with Crippen LogP contribution in [-0.2, 0) is 11.3 Å². The Morgan fingerprint density at radius 2 is 2.19 bits per heavy atom. The molecule has 0 saturated carbocycles. The summed E-state index contributed by atoms with van der Waals surface area (Å²) < 4.78 is 2.02. The molecule has 1 aromatic carbocycles. The molecular weight excluding hydrogens is 418 g/mol. The Bertz CT molecular complexity index is 645. The minimum absolute atomic E-state index is 0.0158. The van der Waals surface area contributed by atoms with Crippen molar-refractivity contribution in [3.8, 4) is 0 Å². The molecule has 1 N–H and O–H groups in total. The zero-order valence-corrected chi connectivity index (χ0v) is 15.7. The number of carbonyl (C=O) groups excluding carboxylic acids is 1. The van der Waals surface area contributed by atoms with Crippen LogP contribution >= 0.6 is 43.2 Å². The van der Waals surface area contributed by atoms with E-state index in [4.69, 9.17) is 0 Å². The number of halogens is 2. The molecular formula is C14H15Br2N3OS. The van der Waals surface area contributed by atoms with E-state index >= 15 is 0 Å². The highest BCUT2D eigenvalue weighted by Crippen LogP contribution is 2.27. The predicted octanol–water partition coefficient (Wildman–Crippen LogP) is 4.65. The van der Waals surface area contributed by atoms with Crippen LogP contribution in [0.4, 0.5) is 10.8 Å². The number of amides is 1. The molecule has 0 aliphatic heterocycles. The summed E-state index contributed by atoms with van der Waals surface area (Å²) in [7, 11) is 0. The average Bonchev–Trinajstić information content (AvgIpc) is 2.87. The highest BCUT2D eigenvalue weighted by molar-refractivity contribution is 9.11. The molecule has 0 bridgehead atoms. The van der Waals surface area contributed by atoms with Crippen molar-refractivity contribution in [1.29, 1.82) is 0 Å². The zero-order valence-electron chi connectivity index (χ0n) is 11.7. The van der Waals surface area contributed by atoms with Gasteiger partial charge in [0.15, 0.2) is 5.13 Å². The number of hydrogen-bond donors (Lipinski definition) is 1. The first-order chi connectivity index (χ1) is 10.0. The Labute approximate surface area is 144 Å². The number of aromatic nitrogens is 1. The molecule has 0 saturated heterocycles. The van der Waals surface area contributed by atoms with E-state index in [2.05, 4.69) is 42.2 Å². The Morgan fingerprint density at radius 3 is 2.81 bits per heavy atom. The molecule has 0 atom stereocenters. The molecule has 1 amide bonds. The number of hydrogen-bond acceptors (Lipinski definition) is 4. The second-order valence-electron chi connectivity index (χ2n) is 4.36. The maximum atomic E-state index is 11.5. The Hall–Kier alpha value is -0.920. The molecule has 2 rings (SSSR count). The normalized spacial score (nSPS) is 10.5. The minimum Gasteiger partial charge on any atom is -0.378 e. The number of carbonyl (C=O) groups is 1. The molecule has 4 nitrogen and oxygen atoms in total. The largest absolute Gasteiger partial charge is 0.378 e. The first-order valence-corrected chi connectivity index (χ1v) is 8.89. The summed E-state index contributed by atoms with van der Waals surface area (Å²) in [5.74, 6) is 0.0158. The average molecular weight is 433 g/mol. The van der Waals surface area contributed by atoms with E-state index in [9.17, 15) is 4.79 Å². The van der Waals surface area contributed by atoms with Gasteiger partial charge < -0.3 is 5.32 Å². The first-order valence-electron chi connectivity index (χ1n) is 6.42. The third-order valence-electron chi connectivity index (χ3n) is 2.86. The van der Waals surface area contributed by atoms with Gasteiger partial charge in [-0.2, -0.15) is 0 Å². The highest BCUT2D eigenvalue weighted by atomic mass is 79.9. The van der Waals surface area contributed by atoms with Crippen LogP contribution in [0.15, 0.2) is 32.5 Å². The molecule has 0 spiro atoms.